The molecule has 1 aliphatic carbocycles. The van der Waals surface area contributed by atoms with E-state index in [2.05, 4.69) is 32.2 Å². The average Bonchev–Trinajstić information content (AvgIpc) is 3.02. The molecular formula is C21H23N3O4S. The number of ether oxygens (including phenoxy) is 1. The largest absolute Gasteiger partial charge is 0.490 e. The summed E-state index contributed by atoms with van der Waals surface area (Å²) >= 11 is 1.43. The number of fused-ring (bicyclic) bond motifs is 1. The number of hydrogen-bond acceptors (Lipinski definition) is 6. The van der Waals surface area contributed by atoms with Crippen molar-refractivity contribution in [1.82, 2.24) is 0 Å². The SMILES string of the molecule is COc1ccc(C(=O)Nc2sc3c(c2C#N)CC[C@H](C(C)(C)C)C3)cc1[N+](=O)[O-]. The van der Waals surface area contributed by atoms with Gasteiger partial charge in [-0.1, -0.05) is 20.8 Å². The molecule has 3 rings (SSSR count). The topological polar surface area (TPSA) is 105 Å². The van der Waals surface area contributed by atoms with E-state index in [1.54, 1.807) is 0 Å². The van der Waals surface area contributed by atoms with Crippen LogP contribution in [0.25, 0.3) is 0 Å². The third-order valence-electron chi connectivity index (χ3n) is 5.47. The van der Waals surface area contributed by atoms with Crippen LogP contribution >= 0.6 is 11.3 Å². The summed E-state index contributed by atoms with van der Waals surface area (Å²) in [7, 11) is 1.34. The third kappa shape index (κ3) is 4.10. The Balaban J connectivity index is 1.89. The van der Waals surface area contributed by atoms with Gasteiger partial charge in [-0.05, 0) is 48.3 Å². The van der Waals surface area contributed by atoms with Crippen molar-refractivity contribution in [3.63, 3.8) is 0 Å². The molecule has 1 aromatic carbocycles. The van der Waals surface area contributed by atoms with Gasteiger partial charge in [-0.2, -0.15) is 5.26 Å². The zero-order valence-electron chi connectivity index (χ0n) is 16.9. The first kappa shape index (κ1) is 20.8. The van der Waals surface area contributed by atoms with E-state index >= 15 is 0 Å². The van der Waals surface area contributed by atoms with Crippen LogP contribution in [-0.2, 0) is 12.8 Å². The maximum atomic E-state index is 12.7. The van der Waals surface area contributed by atoms with Gasteiger partial charge in [0.2, 0.25) is 0 Å². The van der Waals surface area contributed by atoms with Gasteiger partial charge in [-0.15, -0.1) is 11.3 Å². The van der Waals surface area contributed by atoms with Crippen LogP contribution in [0.1, 0.15) is 53.6 Å². The maximum absolute atomic E-state index is 12.7. The number of thiophene rings is 1. The van der Waals surface area contributed by atoms with Gasteiger partial charge in [0.05, 0.1) is 17.6 Å². The lowest BCUT2D eigenvalue weighted by Crippen LogP contribution is -2.26. The molecule has 1 heterocycles. The Morgan fingerprint density at radius 1 is 1.41 bits per heavy atom. The summed E-state index contributed by atoms with van der Waals surface area (Å²) in [6, 6.07) is 6.28. The van der Waals surface area contributed by atoms with Crippen LogP contribution in [0, 0.1) is 32.8 Å². The van der Waals surface area contributed by atoms with Gasteiger partial charge in [0, 0.05) is 16.5 Å². The molecule has 0 fully saturated rings. The molecule has 1 N–H and O–H groups in total. The summed E-state index contributed by atoms with van der Waals surface area (Å²) in [6.07, 6.45) is 2.72. The molecule has 0 bridgehead atoms. The van der Waals surface area contributed by atoms with Gasteiger partial charge in [-0.3, -0.25) is 14.9 Å². The Bertz CT molecular complexity index is 1010. The van der Waals surface area contributed by atoms with Crippen molar-refractivity contribution in [2.24, 2.45) is 11.3 Å². The summed E-state index contributed by atoms with van der Waals surface area (Å²) in [5, 5.41) is 24.2. The number of carbonyl (C=O) groups is 1. The molecule has 1 aliphatic rings. The molecule has 8 heteroatoms. The first-order valence-corrected chi connectivity index (χ1v) is 10.2. The number of methoxy groups -OCH3 is 1. The Morgan fingerprint density at radius 2 is 2.14 bits per heavy atom. The number of carbonyl (C=O) groups excluding carboxylic acids is 1. The fraction of sp³-hybridized carbons (Fsp3) is 0.429. The molecule has 0 saturated heterocycles. The number of nitrogens with zero attached hydrogens (tertiary/aromatic N) is 2. The Kier molecular flexibility index (Phi) is 5.62. The summed E-state index contributed by atoms with van der Waals surface area (Å²) in [6.45, 7) is 6.67. The van der Waals surface area contributed by atoms with Gasteiger partial charge < -0.3 is 10.1 Å². The minimum atomic E-state index is -0.590. The normalized spacial score (nSPS) is 15.9. The Hall–Kier alpha value is -2.92. The highest BCUT2D eigenvalue weighted by Gasteiger charge is 2.32. The van der Waals surface area contributed by atoms with E-state index in [0.717, 1.165) is 29.7 Å². The van der Waals surface area contributed by atoms with Gasteiger partial charge in [0.1, 0.15) is 11.1 Å². The van der Waals surface area contributed by atoms with E-state index in [4.69, 9.17) is 4.74 Å². The van der Waals surface area contributed by atoms with Crippen LogP contribution in [0.4, 0.5) is 10.7 Å². The van der Waals surface area contributed by atoms with Crippen molar-refractivity contribution in [3.05, 3.63) is 49.9 Å². The van der Waals surface area contributed by atoms with Crippen molar-refractivity contribution in [3.8, 4) is 11.8 Å². The number of nitriles is 1. The average molecular weight is 413 g/mol. The molecule has 0 aliphatic heterocycles. The van der Waals surface area contributed by atoms with E-state index in [0.29, 0.717) is 16.5 Å². The molecule has 1 atom stereocenters. The lowest BCUT2D eigenvalue weighted by atomic mass is 9.72. The van der Waals surface area contributed by atoms with Crippen LogP contribution in [0.3, 0.4) is 0 Å². The zero-order chi connectivity index (χ0) is 21.3. The second-order valence-electron chi connectivity index (χ2n) is 8.22. The van der Waals surface area contributed by atoms with Crippen molar-refractivity contribution in [1.29, 1.82) is 5.26 Å². The lowest BCUT2D eigenvalue weighted by Gasteiger charge is -2.33. The minimum Gasteiger partial charge on any atom is -0.490 e. The highest BCUT2D eigenvalue weighted by molar-refractivity contribution is 7.16. The van der Waals surface area contributed by atoms with Crippen LogP contribution < -0.4 is 10.1 Å². The predicted octanol–water partition coefficient (Wildman–Crippen LogP) is 4.94. The van der Waals surface area contributed by atoms with Gasteiger partial charge >= 0.3 is 5.69 Å². The van der Waals surface area contributed by atoms with Crippen molar-refractivity contribution < 1.29 is 14.5 Å². The van der Waals surface area contributed by atoms with Crippen LogP contribution in [0.15, 0.2) is 18.2 Å². The number of nitro groups is 1. The quantitative estimate of drug-likeness (QED) is 0.564. The fourth-order valence-corrected chi connectivity index (χ4v) is 4.95. The third-order valence-corrected chi connectivity index (χ3v) is 6.64. The maximum Gasteiger partial charge on any atom is 0.311 e. The Labute approximate surface area is 173 Å². The molecule has 1 aromatic heterocycles. The first-order valence-electron chi connectivity index (χ1n) is 9.34. The van der Waals surface area contributed by atoms with E-state index in [1.807, 2.05) is 0 Å². The van der Waals surface area contributed by atoms with E-state index < -0.39 is 10.8 Å². The number of anilines is 1. The van der Waals surface area contributed by atoms with Crippen molar-refractivity contribution >= 4 is 27.9 Å². The van der Waals surface area contributed by atoms with E-state index in [-0.39, 0.29) is 22.4 Å². The highest BCUT2D eigenvalue weighted by Crippen LogP contribution is 2.44. The molecule has 0 radical (unpaired) electrons. The molecule has 2 aromatic rings. The lowest BCUT2D eigenvalue weighted by molar-refractivity contribution is -0.385. The monoisotopic (exact) mass is 413 g/mol. The highest BCUT2D eigenvalue weighted by atomic mass is 32.1. The summed E-state index contributed by atoms with van der Waals surface area (Å²) in [5.74, 6) is 0.121. The molecule has 7 nitrogen and oxygen atoms in total. The molecule has 152 valence electrons. The van der Waals surface area contributed by atoms with Gasteiger partial charge in [-0.25, -0.2) is 0 Å². The zero-order valence-corrected chi connectivity index (χ0v) is 17.7. The Morgan fingerprint density at radius 3 is 2.72 bits per heavy atom. The standard InChI is InChI=1S/C21H23N3O4S/c1-21(2,3)13-6-7-14-15(11-22)20(29-18(14)10-13)23-19(25)12-5-8-17(28-4)16(9-12)24(26)27/h5,8-9,13H,6-7,10H2,1-4H3,(H,23,25)/t13-/m0/s1. The number of benzene rings is 1. The summed E-state index contributed by atoms with van der Waals surface area (Å²) in [4.78, 5) is 24.5. The van der Waals surface area contributed by atoms with Crippen LogP contribution in [0.2, 0.25) is 0 Å². The molecule has 0 saturated carbocycles. The number of nitrogens with one attached hydrogen (secondary N) is 1. The first-order chi connectivity index (χ1) is 13.7. The molecule has 1 amide bonds. The smallest absolute Gasteiger partial charge is 0.311 e. The molecular weight excluding hydrogens is 390 g/mol. The van der Waals surface area contributed by atoms with Crippen molar-refractivity contribution in [2.75, 3.05) is 12.4 Å². The number of hydrogen-bond donors (Lipinski definition) is 1. The predicted molar refractivity (Wildman–Crippen MR) is 112 cm³/mol. The fourth-order valence-electron chi connectivity index (χ4n) is 3.68. The van der Waals surface area contributed by atoms with Crippen molar-refractivity contribution in [2.45, 2.75) is 40.0 Å². The van der Waals surface area contributed by atoms with E-state index in [1.165, 1.54) is 36.6 Å². The van der Waals surface area contributed by atoms with Gasteiger partial charge in [0.25, 0.3) is 5.91 Å². The van der Waals surface area contributed by atoms with Crippen LogP contribution in [-0.4, -0.2) is 17.9 Å². The number of amides is 1. The summed E-state index contributed by atoms with van der Waals surface area (Å²) < 4.78 is 4.97. The molecule has 29 heavy (non-hydrogen) atoms. The number of rotatable bonds is 4. The molecule has 0 unspecified atom stereocenters. The number of nitro benzene ring substituents is 1. The van der Waals surface area contributed by atoms with E-state index in [9.17, 15) is 20.2 Å². The second kappa shape index (κ2) is 7.84. The van der Waals surface area contributed by atoms with Gasteiger partial charge in [0.15, 0.2) is 5.75 Å². The second-order valence-corrected chi connectivity index (χ2v) is 9.33. The summed E-state index contributed by atoms with van der Waals surface area (Å²) in [5.41, 5.74) is 1.57. The van der Waals surface area contributed by atoms with Crippen LogP contribution in [0.5, 0.6) is 5.75 Å². The molecule has 0 spiro atoms. The minimum absolute atomic E-state index is 0.0871.